The lowest BCUT2D eigenvalue weighted by molar-refractivity contribution is -0.135. The van der Waals surface area contributed by atoms with Gasteiger partial charge in [-0.1, -0.05) is 13.0 Å². The van der Waals surface area contributed by atoms with E-state index < -0.39 is 0 Å². The summed E-state index contributed by atoms with van der Waals surface area (Å²) >= 11 is 0. The van der Waals surface area contributed by atoms with Gasteiger partial charge in [0.1, 0.15) is 6.10 Å². The van der Waals surface area contributed by atoms with Crippen LogP contribution >= 0.6 is 0 Å². The lowest BCUT2D eigenvalue weighted by Crippen LogP contribution is -2.34. The van der Waals surface area contributed by atoms with Crippen LogP contribution in [0.25, 0.3) is 0 Å². The van der Waals surface area contributed by atoms with Crippen LogP contribution < -0.4 is 0 Å². The molecule has 1 aliphatic rings. The first-order valence-corrected chi connectivity index (χ1v) is 4.51. The Morgan fingerprint density at radius 1 is 1.75 bits per heavy atom. The van der Waals surface area contributed by atoms with Crippen molar-refractivity contribution >= 4 is 5.78 Å². The fourth-order valence-electron chi connectivity index (χ4n) is 1.64. The van der Waals surface area contributed by atoms with Gasteiger partial charge in [-0.2, -0.15) is 0 Å². The number of Topliss-reactive ketones (excluding diaryl/α,β-unsaturated/α-hetero) is 1. The van der Waals surface area contributed by atoms with Crippen molar-refractivity contribution in [3.63, 3.8) is 0 Å². The molecule has 0 aromatic carbocycles. The average Bonchev–Trinajstić information content (AvgIpc) is 2.04. The van der Waals surface area contributed by atoms with Crippen LogP contribution in [-0.2, 0) is 9.53 Å². The van der Waals surface area contributed by atoms with Crippen molar-refractivity contribution in [1.29, 1.82) is 0 Å². The van der Waals surface area contributed by atoms with Gasteiger partial charge < -0.3 is 4.74 Å². The van der Waals surface area contributed by atoms with Crippen LogP contribution in [0.15, 0.2) is 12.7 Å². The zero-order valence-corrected chi connectivity index (χ0v) is 7.58. The van der Waals surface area contributed by atoms with Crippen LogP contribution in [-0.4, -0.2) is 18.5 Å². The number of hydrogen-bond acceptors (Lipinski definition) is 2. The summed E-state index contributed by atoms with van der Waals surface area (Å²) in [6.45, 7) is 6.12. The van der Waals surface area contributed by atoms with E-state index in [-0.39, 0.29) is 11.9 Å². The van der Waals surface area contributed by atoms with E-state index in [9.17, 15) is 4.79 Å². The highest BCUT2D eigenvalue weighted by molar-refractivity contribution is 5.84. The molecule has 0 bridgehead atoms. The molecule has 68 valence electrons. The summed E-state index contributed by atoms with van der Waals surface area (Å²) in [5.74, 6) is 0.641. The second-order valence-electron chi connectivity index (χ2n) is 3.38. The van der Waals surface area contributed by atoms with Crippen LogP contribution in [0, 0.1) is 5.92 Å². The van der Waals surface area contributed by atoms with Crippen molar-refractivity contribution in [2.24, 2.45) is 5.92 Å². The number of carbonyl (C=O) groups is 1. The minimum absolute atomic E-state index is 0.170. The molecule has 0 amide bonds. The Morgan fingerprint density at radius 3 is 3.08 bits per heavy atom. The molecule has 0 aliphatic heterocycles. The number of ether oxygens (including phenoxy) is 1. The van der Waals surface area contributed by atoms with Gasteiger partial charge in [-0.05, 0) is 18.8 Å². The van der Waals surface area contributed by atoms with Gasteiger partial charge in [0.25, 0.3) is 0 Å². The Labute approximate surface area is 73.6 Å². The number of hydrogen-bond donors (Lipinski definition) is 0. The summed E-state index contributed by atoms with van der Waals surface area (Å²) in [6.07, 6.45) is 4.33. The maximum atomic E-state index is 11.4. The summed E-state index contributed by atoms with van der Waals surface area (Å²) in [5.41, 5.74) is 0. The van der Waals surface area contributed by atoms with Crippen LogP contribution in [0.2, 0.25) is 0 Å². The molecular weight excluding hydrogens is 152 g/mol. The Hall–Kier alpha value is -0.630. The molecule has 0 spiro atoms. The van der Waals surface area contributed by atoms with Crippen molar-refractivity contribution < 1.29 is 9.53 Å². The first kappa shape index (κ1) is 9.46. The maximum absolute atomic E-state index is 11.4. The molecule has 1 fully saturated rings. The molecule has 0 heterocycles. The fourth-order valence-corrected chi connectivity index (χ4v) is 1.64. The van der Waals surface area contributed by atoms with E-state index in [0.717, 1.165) is 12.8 Å². The van der Waals surface area contributed by atoms with Crippen LogP contribution in [0.3, 0.4) is 0 Å². The molecule has 2 heteroatoms. The van der Waals surface area contributed by atoms with Crippen molar-refractivity contribution in [2.75, 3.05) is 6.61 Å². The Balaban J connectivity index is 2.45. The molecular formula is C10H16O2. The van der Waals surface area contributed by atoms with Crippen molar-refractivity contribution in [1.82, 2.24) is 0 Å². The standard InChI is InChI=1S/C10H16O2/c1-3-7-12-10-8(2)5-4-6-9(10)11/h3,8,10H,1,4-7H2,2H3/t8-,10-/m0/s1. The van der Waals surface area contributed by atoms with Gasteiger partial charge in [0.15, 0.2) is 5.78 Å². The number of carbonyl (C=O) groups excluding carboxylic acids is 1. The molecule has 1 rings (SSSR count). The van der Waals surface area contributed by atoms with Gasteiger partial charge in [-0.3, -0.25) is 4.79 Å². The zero-order valence-electron chi connectivity index (χ0n) is 7.58. The molecule has 0 unspecified atom stereocenters. The minimum Gasteiger partial charge on any atom is -0.366 e. The molecule has 0 aromatic heterocycles. The van der Waals surface area contributed by atoms with Gasteiger partial charge >= 0.3 is 0 Å². The lowest BCUT2D eigenvalue weighted by Gasteiger charge is -2.26. The average molecular weight is 168 g/mol. The molecule has 12 heavy (non-hydrogen) atoms. The third-order valence-corrected chi connectivity index (χ3v) is 2.31. The summed E-state index contributed by atoms with van der Waals surface area (Å²) in [4.78, 5) is 11.4. The van der Waals surface area contributed by atoms with Crippen LogP contribution in [0.1, 0.15) is 26.2 Å². The second kappa shape index (κ2) is 4.41. The summed E-state index contributed by atoms with van der Waals surface area (Å²) in [6, 6.07) is 0. The first-order valence-electron chi connectivity index (χ1n) is 4.51. The smallest absolute Gasteiger partial charge is 0.161 e. The monoisotopic (exact) mass is 168 g/mol. The topological polar surface area (TPSA) is 26.3 Å². The SMILES string of the molecule is C=CCO[C@@H]1C(=O)CCC[C@@H]1C. The molecule has 0 aromatic rings. The van der Waals surface area contributed by atoms with Gasteiger partial charge in [-0.15, -0.1) is 6.58 Å². The lowest BCUT2D eigenvalue weighted by atomic mass is 9.87. The highest BCUT2D eigenvalue weighted by atomic mass is 16.5. The van der Waals surface area contributed by atoms with Crippen molar-refractivity contribution in [2.45, 2.75) is 32.3 Å². The molecule has 2 atom stereocenters. The van der Waals surface area contributed by atoms with E-state index in [1.807, 2.05) is 0 Å². The van der Waals surface area contributed by atoms with Gasteiger partial charge in [0, 0.05) is 6.42 Å². The molecule has 0 saturated heterocycles. The first-order chi connectivity index (χ1) is 5.75. The highest BCUT2D eigenvalue weighted by Crippen LogP contribution is 2.23. The van der Waals surface area contributed by atoms with Crippen molar-refractivity contribution in [3.8, 4) is 0 Å². The van der Waals surface area contributed by atoms with E-state index in [4.69, 9.17) is 4.74 Å². The van der Waals surface area contributed by atoms with E-state index in [2.05, 4.69) is 13.5 Å². The predicted molar refractivity (Wildman–Crippen MR) is 48.0 cm³/mol. The summed E-state index contributed by atoms with van der Waals surface area (Å²) in [7, 11) is 0. The molecule has 0 radical (unpaired) electrons. The number of rotatable bonds is 3. The van der Waals surface area contributed by atoms with Crippen LogP contribution in [0.5, 0.6) is 0 Å². The molecule has 1 saturated carbocycles. The van der Waals surface area contributed by atoms with Crippen LogP contribution in [0.4, 0.5) is 0 Å². The zero-order chi connectivity index (χ0) is 8.97. The normalized spacial score (nSPS) is 30.2. The second-order valence-corrected chi connectivity index (χ2v) is 3.38. The molecule has 0 N–H and O–H groups in total. The van der Waals surface area contributed by atoms with E-state index in [0.29, 0.717) is 18.9 Å². The summed E-state index contributed by atoms with van der Waals surface area (Å²) in [5, 5.41) is 0. The third kappa shape index (κ3) is 2.18. The van der Waals surface area contributed by atoms with Crippen molar-refractivity contribution in [3.05, 3.63) is 12.7 Å². The Kier molecular flexibility index (Phi) is 3.48. The van der Waals surface area contributed by atoms with Gasteiger partial charge in [-0.25, -0.2) is 0 Å². The highest BCUT2D eigenvalue weighted by Gasteiger charge is 2.28. The van der Waals surface area contributed by atoms with E-state index in [1.54, 1.807) is 6.08 Å². The maximum Gasteiger partial charge on any atom is 0.161 e. The molecule has 1 aliphatic carbocycles. The Morgan fingerprint density at radius 2 is 2.50 bits per heavy atom. The predicted octanol–water partition coefficient (Wildman–Crippen LogP) is 1.95. The quantitative estimate of drug-likeness (QED) is 0.602. The largest absolute Gasteiger partial charge is 0.366 e. The van der Waals surface area contributed by atoms with E-state index >= 15 is 0 Å². The van der Waals surface area contributed by atoms with E-state index in [1.165, 1.54) is 0 Å². The summed E-state index contributed by atoms with van der Waals surface area (Å²) < 4.78 is 5.39. The number of ketones is 1. The van der Waals surface area contributed by atoms with Gasteiger partial charge in [0.2, 0.25) is 0 Å². The minimum atomic E-state index is -0.170. The third-order valence-electron chi connectivity index (χ3n) is 2.31. The fraction of sp³-hybridized carbons (Fsp3) is 0.700. The Bertz CT molecular complexity index is 175. The molecule has 2 nitrogen and oxygen atoms in total. The van der Waals surface area contributed by atoms with Gasteiger partial charge in [0.05, 0.1) is 6.61 Å².